The molecule has 0 fully saturated rings. The van der Waals surface area contributed by atoms with E-state index < -0.39 is 0 Å². The Morgan fingerprint density at radius 2 is 1.94 bits per heavy atom. The van der Waals surface area contributed by atoms with Crippen LogP contribution in [0.25, 0.3) is 22.6 Å². The number of nitrogens with zero attached hydrogens (tertiary/aromatic N) is 3. The van der Waals surface area contributed by atoms with E-state index >= 15 is 0 Å². The first-order valence-electron chi connectivity index (χ1n) is 10.3. The van der Waals surface area contributed by atoms with Crippen LogP contribution < -0.4 is 10.7 Å². The molecule has 2 aromatic carbocycles. The summed E-state index contributed by atoms with van der Waals surface area (Å²) in [5.41, 5.74) is 5.06. The lowest BCUT2D eigenvalue weighted by molar-refractivity contribution is 0.819. The molecule has 0 amide bonds. The van der Waals surface area contributed by atoms with E-state index in [9.17, 15) is 4.79 Å². The zero-order valence-electron chi connectivity index (χ0n) is 18.2. The molecule has 2 aromatic heterocycles. The number of anilines is 1. The first-order valence-corrected chi connectivity index (χ1v) is 10.7. The van der Waals surface area contributed by atoms with E-state index in [2.05, 4.69) is 15.4 Å². The van der Waals surface area contributed by atoms with Gasteiger partial charge < -0.3 is 10.7 Å². The van der Waals surface area contributed by atoms with E-state index in [0.717, 1.165) is 22.5 Å². The molecular weight excluding hydrogens is 434 g/mol. The van der Waals surface area contributed by atoms with Gasteiger partial charge in [0.25, 0.3) is 0 Å². The van der Waals surface area contributed by atoms with Gasteiger partial charge in [-0.05, 0) is 68.0 Å². The Hall–Kier alpha value is -4.03. The standard InChI is InChI=1S/C26H22ClN5O/c1-17-14-19(22-8-3-4-12-29-22)9-10-24(17)32-13-11-25(33)26(31-32)23(15-18(2)28)30-21-7-5-6-20(27)16-21/h3-16,28,30H,1-2H3/b23-15-,28-18?. The lowest BCUT2D eigenvalue weighted by Crippen LogP contribution is -2.19. The normalized spacial score (nSPS) is 11.3. The molecule has 0 atom stereocenters. The van der Waals surface area contributed by atoms with Crippen molar-refractivity contribution in [3.05, 3.63) is 112 Å². The molecule has 2 heterocycles. The van der Waals surface area contributed by atoms with Crippen LogP contribution in [-0.4, -0.2) is 20.5 Å². The maximum absolute atomic E-state index is 12.7. The van der Waals surface area contributed by atoms with Crippen molar-refractivity contribution in [2.24, 2.45) is 0 Å². The minimum Gasteiger partial charge on any atom is -0.353 e. The van der Waals surface area contributed by atoms with Gasteiger partial charge in [-0.15, -0.1) is 0 Å². The number of aryl methyl sites for hydroxylation is 1. The molecule has 7 heteroatoms. The van der Waals surface area contributed by atoms with E-state index in [1.165, 1.54) is 6.07 Å². The number of rotatable bonds is 6. The van der Waals surface area contributed by atoms with Gasteiger partial charge in [0.05, 0.1) is 17.1 Å². The molecule has 4 aromatic rings. The summed E-state index contributed by atoms with van der Waals surface area (Å²) >= 11 is 6.10. The number of allylic oxidation sites excluding steroid dienone is 1. The highest BCUT2D eigenvalue weighted by molar-refractivity contribution is 6.30. The van der Waals surface area contributed by atoms with Crippen molar-refractivity contribution in [1.82, 2.24) is 14.8 Å². The molecule has 0 aliphatic rings. The van der Waals surface area contributed by atoms with Gasteiger partial charge >= 0.3 is 0 Å². The Kier molecular flexibility index (Phi) is 6.47. The van der Waals surface area contributed by atoms with Crippen LogP contribution in [-0.2, 0) is 0 Å². The molecule has 164 valence electrons. The van der Waals surface area contributed by atoms with Gasteiger partial charge in [0.1, 0.15) is 0 Å². The van der Waals surface area contributed by atoms with E-state index in [1.54, 1.807) is 42.2 Å². The SMILES string of the molecule is CC(=N)/C=C(\Nc1cccc(Cl)c1)c1nn(-c2ccc(-c3ccccn3)cc2C)ccc1=O. The molecule has 0 spiro atoms. The van der Waals surface area contributed by atoms with E-state index in [4.69, 9.17) is 17.0 Å². The average Bonchev–Trinajstić information content (AvgIpc) is 2.79. The van der Waals surface area contributed by atoms with Crippen LogP contribution in [0.15, 0.2) is 90.0 Å². The van der Waals surface area contributed by atoms with Gasteiger partial charge in [-0.25, -0.2) is 4.68 Å². The molecule has 0 bridgehead atoms. The predicted octanol–water partition coefficient (Wildman–Crippen LogP) is 5.75. The number of hydrogen-bond acceptors (Lipinski definition) is 5. The third-order valence-electron chi connectivity index (χ3n) is 4.93. The highest BCUT2D eigenvalue weighted by Crippen LogP contribution is 2.23. The molecule has 0 radical (unpaired) electrons. The van der Waals surface area contributed by atoms with Crippen LogP contribution in [0.3, 0.4) is 0 Å². The monoisotopic (exact) mass is 455 g/mol. The third kappa shape index (κ3) is 5.25. The fourth-order valence-corrected chi connectivity index (χ4v) is 3.63. The lowest BCUT2D eigenvalue weighted by atomic mass is 10.1. The fraction of sp³-hybridized carbons (Fsp3) is 0.0769. The second kappa shape index (κ2) is 9.63. The highest BCUT2D eigenvalue weighted by Gasteiger charge is 2.13. The average molecular weight is 456 g/mol. The summed E-state index contributed by atoms with van der Waals surface area (Å²) in [6.45, 7) is 3.63. The zero-order valence-corrected chi connectivity index (χ0v) is 19.0. The zero-order chi connectivity index (χ0) is 23.4. The van der Waals surface area contributed by atoms with Crippen molar-refractivity contribution in [3.8, 4) is 16.9 Å². The van der Waals surface area contributed by atoms with E-state index in [0.29, 0.717) is 16.4 Å². The summed E-state index contributed by atoms with van der Waals surface area (Å²) in [4.78, 5) is 17.2. The van der Waals surface area contributed by atoms with Crippen LogP contribution in [0.4, 0.5) is 5.69 Å². The van der Waals surface area contributed by atoms with Crippen molar-refractivity contribution >= 4 is 28.7 Å². The molecule has 0 aliphatic heterocycles. The van der Waals surface area contributed by atoms with E-state index in [1.807, 2.05) is 55.5 Å². The van der Waals surface area contributed by atoms with Crippen molar-refractivity contribution in [1.29, 1.82) is 5.41 Å². The maximum Gasteiger partial charge on any atom is 0.209 e. The molecule has 0 saturated heterocycles. The Morgan fingerprint density at radius 1 is 1.09 bits per heavy atom. The maximum atomic E-state index is 12.7. The predicted molar refractivity (Wildman–Crippen MR) is 134 cm³/mol. The number of benzene rings is 2. The van der Waals surface area contributed by atoms with Gasteiger partial charge in [-0.1, -0.05) is 29.8 Å². The van der Waals surface area contributed by atoms with E-state index in [-0.39, 0.29) is 16.8 Å². The summed E-state index contributed by atoms with van der Waals surface area (Å²) in [7, 11) is 0. The summed E-state index contributed by atoms with van der Waals surface area (Å²) < 4.78 is 1.67. The van der Waals surface area contributed by atoms with Crippen molar-refractivity contribution in [3.63, 3.8) is 0 Å². The minimum atomic E-state index is -0.254. The quantitative estimate of drug-likeness (QED) is 0.362. The number of hydrogen-bond donors (Lipinski definition) is 2. The lowest BCUT2D eigenvalue weighted by Gasteiger charge is -2.14. The van der Waals surface area contributed by atoms with Crippen molar-refractivity contribution < 1.29 is 0 Å². The second-order valence-corrected chi connectivity index (χ2v) is 8.00. The van der Waals surface area contributed by atoms with Gasteiger partial charge in [-0.2, -0.15) is 5.10 Å². The molecule has 2 N–H and O–H groups in total. The van der Waals surface area contributed by atoms with Gasteiger partial charge in [0, 0.05) is 40.4 Å². The second-order valence-electron chi connectivity index (χ2n) is 7.57. The molecule has 0 unspecified atom stereocenters. The van der Waals surface area contributed by atoms with Gasteiger partial charge in [-0.3, -0.25) is 9.78 Å². The Labute approximate surface area is 196 Å². The fourth-order valence-electron chi connectivity index (χ4n) is 3.44. The van der Waals surface area contributed by atoms with Crippen LogP contribution in [0.2, 0.25) is 5.02 Å². The number of pyridine rings is 1. The number of nitrogens with one attached hydrogen (secondary N) is 2. The van der Waals surface area contributed by atoms with Crippen molar-refractivity contribution in [2.75, 3.05) is 5.32 Å². The molecule has 0 aliphatic carbocycles. The number of halogens is 1. The smallest absolute Gasteiger partial charge is 0.209 e. The number of aromatic nitrogens is 3. The summed E-state index contributed by atoms with van der Waals surface area (Å²) in [5, 5.41) is 16.3. The first kappa shape index (κ1) is 22.2. The van der Waals surface area contributed by atoms with Crippen LogP contribution in [0, 0.1) is 12.3 Å². The van der Waals surface area contributed by atoms with Gasteiger partial charge in [0.15, 0.2) is 5.69 Å². The molecule has 33 heavy (non-hydrogen) atoms. The topological polar surface area (TPSA) is 83.7 Å². The summed E-state index contributed by atoms with van der Waals surface area (Å²) in [6, 6.07) is 20.4. The van der Waals surface area contributed by atoms with Crippen LogP contribution in [0.1, 0.15) is 18.2 Å². The third-order valence-corrected chi connectivity index (χ3v) is 5.17. The Balaban J connectivity index is 1.75. The minimum absolute atomic E-state index is 0.206. The highest BCUT2D eigenvalue weighted by atomic mass is 35.5. The summed E-state index contributed by atoms with van der Waals surface area (Å²) in [5.74, 6) is 0. The summed E-state index contributed by atoms with van der Waals surface area (Å²) in [6.07, 6.45) is 4.98. The molecule has 4 rings (SSSR count). The van der Waals surface area contributed by atoms with Crippen LogP contribution >= 0.6 is 11.6 Å². The Morgan fingerprint density at radius 3 is 2.64 bits per heavy atom. The largest absolute Gasteiger partial charge is 0.353 e. The van der Waals surface area contributed by atoms with Gasteiger partial charge in [0.2, 0.25) is 5.43 Å². The molecule has 0 saturated carbocycles. The first-order chi connectivity index (χ1) is 15.9. The molecule has 6 nitrogen and oxygen atoms in total. The Bertz CT molecular complexity index is 1410. The molecular formula is C26H22ClN5O. The van der Waals surface area contributed by atoms with Crippen LogP contribution in [0.5, 0.6) is 0 Å². The van der Waals surface area contributed by atoms with Crippen molar-refractivity contribution in [2.45, 2.75) is 13.8 Å².